The number of piperazine rings is 1. The molecule has 0 spiro atoms. The van der Waals surface area contributed by atoms with Crippen LogP contribution in [0.4, 0.5) is 4.39 Å². The molecule has 1 N–H and O–H groups in total. The van der Waals surface area contributed by atoms with Crippen LogP contribution in [0, 0.1) is 11.7 Å². The Labute approximate surface area is 116 Å². The second-order valence-corrected chi connectivity index (χ2v) is 6.17. The van der Waals surface area contributed by atoms with Gasteiger partial charge in [-0.15, -0.1) is 0 Å². The third kappa shape index (κ3) is 2.76. The molecule has 1 unspecified atom stereocenters. The van der Waals surface area contributed by atoms with Gasteiger partial charge in [0.1, 0.15) is 5.82 Å². The minimum Gasteiger partial charge on any atom is -0.314 e. The first-order valence-corrected chi connectivity index (χ1v) is 7.42. The van der Waals surface area contributed by atoms with E-state index in [4.69, 9.17) is 0 Å². The van der Waals surface area contributed by atoms with Gasteiger partial charge in [-0.2, -0.15) is 0 Å². The van der Waals surface area contributed by atoms with E-state index in [9.17, 15) is 4.39 Å². The Kier molecular flexibility index (Phi) is 3.68. The number of halogens is 2. The zero-order chi connectivity index (χ0) is 12.5. The maximum Gasteiger partial charge on any atom is 0.124 e. The van der Waals surface area contributed by atoms with Gasteiger partial charge in [0.15, 0.2) is 0 Å². The van der Waals surface area contributed by atoms with Crippen LogP contribution in [0.5, 0.6) is 0 Å². The average Bonchev–Trinajstić information content (AvgIpc) is 3.17. The number of rotatable bonds is 3. The maximum atomic E-state index is 13.1. The Bertz CT molecular complexity index is 434. The highest BCUT2D eigenvalue weighted by Gasteiger charge is 2.36. The Morgan fingerprint density at radius 2 is 2.22 bits per heavy atom. The topological polar surface area (TPSA) is 15.3 Å². The van der Waals surface area contributed by atoms with Gasteiger partial charge in [-0.05, 0) is 36.5 Å². The van der Waals surface area contributed by atoms with Crippen LogP contribution >= 0.6 is 15.9 Å². The van der Waals surface area contributed by atoms with E-state index in [0.717, 1.165) is 36.6 Å². The third-order valence-corrected chi connectivity index (χ3v) is 4.69. The third-order valence-electron chi connectivity index (χ3n) is 3.95. The lowest BCUT2D eigenvalue weighted by Gasteiger charge is -2.36. The molecular formula is C14H18BrFN2. The molecule has 0 bridgehead atoms. The van der Waals surface area contributed by atoms with E-state index in [-0.39, 0.29) is 5.82 Å². The fourth-order valence-electron chi connectivity index (χ4n) is 2.78. The first kappa shape index (κ1) is 12.6. The van der Waals surface area contributed by atoms with Crippen LogP contribution in [0.25, 0.3) is 0 Å². The Hall–Kier alpha value is -0.450. The molecule has 1 heterocycles. The second-order valence-electron chi connectivity index (χ2n) is 5.32. The number of benzene rings is 1. The molecule has 0 radical (unpaired) electrons. The van der Waals surface area contributed by atoms with E-state index < -0.39 is 0 Å². The SMILES string of the molecule is Fc1ccc(CN2CCNCC2C2CC2)c(Br)c1. The van der Waals surface area contributed by atoms with Crippen LogP contribution in [-0.4, -0.2) is 30.6 Å². The van der Waals surface area contributed by atoms with Gasteiger partial charge in [-0.25, -0.2) is 4.39 Å². The molecule has 0 aromatic heterocycles. The lowest BCUT2D eigenvalue weighted by atomic mass is 10.1. The van der Waals surface area contributed by atoms with Crippen molar-refractivity contribution in [1.82, 2.24) is 10.2 Å². The smallest absolute Gasteiger partial charge is 0.124 e. The highest BCUT2D eigenvalue weighted by atomic mass is 79.9. The molecule has 1 aromatic carbocycles. The quantitative estimate of drug-likeness (QED) is 0.923. The van der Waals surface area contributed by atoms with Crippen molar-refractivity contribution in [2.75, 3.05) is 19.6 Å². The number of hydrogen-bond acceptors (Lipinski definition) is 2. The van der Waals surface area contributed by atoms with E-state index in [0.29, 0.717) is 6.04 Å². The highest BCUT2D eigenvalue weighted by molar-refractivity contribution is 9.10. The molecule has 2 fully saturated rings. The van der Waals surface area contributed by atoms with Crippen molar-refractivity contribution in [1.29, 1.82) is 0 Å². The predicted molar refractivity (Wildman–Crippen MR) is 73.9 cm³/mol. The molecule has 1 aliphatic heterocycles. The molecule has 98 valence electrons. The highest BCUT2D eigenvalue weighted by Crippen LogP contribution is 2.36. The van der Waals surface area contributed by atoms with E-state index in [1.807, 2.05) is 6.07 Å². The molecule has 4 heteroatoms. The zero-order valence-electron chi connectivity index (χ0n) is 10.3. The summed E-state index contributed by atoms with van der Waals surface area (Å²) in [6, 6.07) is 5.67. The van der Waals surface area contributed by atoms with Crippen molar-refractivity contribution >= 4 is 15.9 Å². The summed E-state index contributed by atoms with van der Waals surface area (Å²) in [6.07, 6.45) is 2.74. The van der Waals surface area contributed by atoms with Crippen molar-refractivity contribution < 1.29 is 4.39 Å². The first-order chi connectivity index (χ1) is 8.74. The lowest BCUT2D eigenvalue weighted by Crippen LogP contribution is -2.51. The summed E-state index contributed by atoms with van der Waals surface area (Å²) >= 11 is 3.46. The van der Waals surface area contributed by atoms with Crippen LogP contribution in [0.2, 0.25) is 0 Å². The van der Waals surface area contributed by atoms with E-state index in [1.54, 1.807) is 12.1 Å². The maximum absolute atomic E-state index is 13.1. The first-order valence-electron chi connectivity index (χ1n) is 6.63. The molecule has 0 amide bonds. The zero-order valence-corrected chi connectivity index (χ0v) is 11.9. The van der Waals surface area contributed by atoms with Gasteiger partial charge in [0, 0.05) is 36.7 Å². The molecule has 3 rings (SSSR count). The fourth-order valence-corrected chi connectivity index (χ4v) is 3.25. The van der Waals surface area contributed by atoms with Gasteiger partial charge in [0.2, 0.25) is 0 Å². The Morgan fingerprint density at radius 3 is 2.94 bits per heavy atom. The minimum absolute atomic E-state index is 0.176. The van der Waals surface area contributed by atoms with Gasteiger partial charge < -0.3 is 5.32 Å². The van der Waals surface area contributed by atoms with E-state index >= 15 is 0 Å². The molecule has 2 aliphatic rings. The summed E-state index contributed by atoms with van der Waals surface area (Å²) < 4.78 is 14.0. The van der Waals surface area contributed by atoms with Gasteiger partial charge >= 0.3 is 0 Å². The van der Waals surface area contributed by atoms with Gasteiger partial charge in [0.25, 0.3) is 0 Å². The van der Waals surface area contributed by atoms with E-state index in [2.05, 4.69) is 26.1 Å². The van der Waals surface area contributed by atoms with Crippen LogP contribution in [0.1, 0.15) is 18.4 Å². The van der Waals surface area contributed by atoms with Gasteiger partial charge in [-0.1, -0.05) is 22.0 Å². The van der Waals surface area contributed by atoms with E-state index in [1.165, 1.54) is 18.4 Å². The Balaban J connectivity index is 1.73. The Morgan fingerprint density at radius 1 is 1.39 bits per heavy atom. The fraction of sp³-hybridized carbons (Fsp3) is 0.571. The molecule has 1 aliphatic carbocycles. The molecule has 18 heavy (non-hydrogen) atoms. The van der Waals surface area contributed by atoms with Crippen molar-refractivity contribution in [2.24, 2.45) is 5.92 Å². The summed E-state index contributed by atoms with van der Waals surface area (Å²) in [4.78, 5) is 2.55. The summed E-state index contributed by atoms with van der Waals surface area (Å²) in [6.45, 7) is 4.17. The number of nitrogens with zero attached hydrogens (tertiary/aromatic N) is 1. The normalized spacial score (nSPS) is 25.3. The summed E-state index contributed by atoms with van der Waals surface area (Å²) in [5, 5.41) is 3.48. The molecule has 2 nitrogen and oxygen atoms in total. The monoisotopic (exact) mass is 312 g/mol. The average molecular weight is 313 g/mol. The predicted octanol–water partition coefficient (Wildman–Crippen LogP) is 2.77. The number of nitrogens with one attached hydrogen (secondary N) is 1. The van der Waals surface area contributed by atoms with Crippen molar-refractivity contribution in [3.05, 3.63) is 34.1 Å². The van der Waals surface area contributed by atoms with Gasteiger partial charge in [0.05, 0.1) is 0 Å². The molecule has 1 saturated carbocycles. The number of hydrogen-bond donors (Lipinski definition) is 1. The largest absolute Gasteiger partial charge is 0.314 e. The molecule has 1 saturated heterocycles. The van der Waals surface area contributed by atoms with Crippen LogP contribution in [0.3, 0.4) is 0 Å². The van der Waals surface area contributed by atoms with Crippen LogP contribution in [-0.2, 0) is 6.54 Å². The molecular weight excluding hydrogens is 295 g/mol. The van der Waals surface area contributed by atoms with Crippen molar-refractivity contribution in [3.8, 4) is 0 Å². The molecule has 1 atom stereocenters. The summed E-state index contributed by atoms with van der Waals surface area (Å²) in [5.74, 6) is 0.696. The van der Waals surface area contributed by atoms with Crippen molar-refractivity contribution in [2.45, 2.75) is 25.4 Å². The standard InChI is InChI=1S/C14H18BrFN2/c15-13-7-12(16)4-3-11(13)9-18-6-5-17-8-14(18)10-1-2-10/h3-4,7,10,14,17H,1-2,5-6,8-9H2. The second kappa shape index (κ2) is 5.27. The minimum atomic E-state index is -0.176. The van der Waals surface area contributed by atoms with Crippen LogP contribution in [0.15, 0.2) is 22.7 Å². The summed E-state index contributed by atoms with van der Waals surface area (Å²) in [7, 11) is 0. The van der Waals surface area contributed by atoms with Crippen LogP contribution < -0.4 is 5.32 Å². The lowest BCUT2D eigenvalue weighted by molar-refractivity contribution is 0.135. The van der Waals surface area contributed by atoms with Gasteiger partial charge in [-0.3, -0.25) is 4.90 Å². The molecule has 1 aromatic rings. The van der Waals surface area contributed by atoms with Crippen molar-refractivity contribution in [3.63, 3.8) is 0 Å². The summed E-state index contributed by atoms with van der Waals surface area (Å²) in [5.41, 5.74) is 1.18.